The lowest BCUT2D eigenvalue weighted by atomic mass is 10.4. The van der Waals surface area contributed by atoms with Crippen molar-refractivity contribution in [3.05, 3.63) is 24.3 Å². The molecule has 0 rings (SSSR count). The summed E-state index contributed by atoms with van der Waals surface area (Å²) in [5.74, 6) is -9.29. The van der Waals surface area contributed by atoms with E-state index in [0.29, 0.717) is 0 Å². The Hall–Kier alpha value is -2.06. The normalized spacial score (nSPS) is 12.8. The van der Waals surface area contributed by atoms with Crippen LogP contribution in [0, 0.1) is 0 Å². The van der Waals surface area contributed by atoms with Crippen molar-refractivity contribution in [1.29, 1.82) is 0 Å². The third kappa shape index (κ3) is 6.59. The number of hydrogen-bond donors (Lipinski definition) is 6. The molecule has 0 aliphatic heterocycles. The Morgan fingerprint density at radius 2 is 0.917 bits per heavy atom. The molecule has 0 heterocycles. The van der Waals surface area contributed by atoms with Crippen LogP contribution < -0.4 is 0 Å². The molecule has 0 spiro atoms. The van der Waals surface area contributed by atoms with Crippen LogP contribution in [-0.4, -0.2) is 55.4 Å². The van der Waals surface area contributed by atoms with E-state index in [2.05, 4.69) is 39.1 Å². The molecular formula is C8H10O16. The average Bonchev–Trinajstić information content (AvgIpc) is 2.64. The molecule has 0 aromatic rings. The van der Waals surface area contributed by atoms with Gasteiger partial charge in [-0.15, -0.1) is 0 Å². The Kier molecular flexibility index (Phi) is 9.75. The van der Waals surface area contributed by atoms with E-state index in [1.165, 1.54) is 0 Å². The van der Waals surface area contributed by atoms with Crippen LogP contribution in [0.2, 0.25) is 0 Å². The van der Waals surface area contributed by atoms with Gasteiger partial charge in [0.25, 0.3) is 0 Å². The molecule has 16 heteroatoms. The van der Waals surface area contributed by atoms with E-state index < -0.39 is 23.9 Å². The predicted octanol–water partition coefficient (Wildman–Crippen LogP) is -0.655. The number of rotatable bonds is 11. The van der Waals surface area contributed by atoms with Crippen molar-refractivity contribution in [3.63, 3.8) is 0 Å². The smallest absolute Gasteiger partial charge is 0.296 e. The summed E-state index contributed by atoms with van der Waals surface area (Å²) >= 11 is 0. The van der Waals surface area contributed by atoms with Gasteiger partial charge in [-0.05, 0) is 0 Å². The quantitative estimate of drug-likeness (QED) is 0.116. The van der Waals surface area contributed by atoms with Crippen molar-refractivity contribution in [2.75, 3.05) is 0 Å². The molecule has 0 fully saturated rings. The summed E-state index contributed by atoms with van der Waals surface area (Å²) in [5, 5.41) is 50.3. The van der Waals surface area contributed by atoms with Gasteiger partial charge in [0.05, 0.1) is 0 Å². The maximum absolute atomic E-state index is 10.7. The molecule has 16 nitrogen and oxygen atoms in total. The highest BCUT2D eigenvalue weighted by Gasteiger charge is 2.42. The Morgan fingerprint density at radius 1 is 0.625 bits per heavy atom. The van der Waals surface area contributed by atoms with Gasteiger partial charge in [-0.3, -0.25) is 9.78 Å². The highest BCUT2D eigenvalue weighted by Crippen LogP contribution is 2.23. The Balaban J connectivity index is 5.26. The Morgan fingerprint density at radius 3 is 1.12 bits per heavy atom. The monoisotopic (exact) mass is 362 g/mol. The third-order valence-corrected chi connectivity index (χ3v) is 1.81. The molecular weight excluding hydrogens is 352 g/mol. The maximum Gasteiger partial charge on any atom is 0.385 e. The fourth-order valence-corrected chi connectivity index (χ4v) is 0.789. The lowest BCUT2D eigenvalue weighted by Gasteiger charge is -2.26. The SMILES string of the molecule is O=C(C=CC(OO)(OO)OOC(C=CC(=O)OO)(OO)OO)OO. The summed E-state index contributed by atoms with van der Waals surface area (Å²) in [7, 11) is 0. The lowest BCUT2D eigenvalue weighted by Crippen LogP contribution is -2.43. The van der Waals surface area contributed by atoms with Crippen LogP contribution in [0.3, 0.4) is 0 Å². The Bertz CT molecular complexity index is 405. The lowest BCUT2D eigenvalue weighted by molar-refractivity contribution is -0.671. The summed E-state index contributed by atoms with van der Waals surface area (Å²) in [6.07, 6.45) is 1.01. The molecule has 24 heavy (non-hydrogen) atoms. The fraction of sp³-hybridized carbons (Fsp3) is 0.250. The van der Waals surface area contributed by atoms with Crippen molar-refractivity contribution >= 4 is 11.9 Å². The second kappa shape index (κ2) is 10.7. The maximum atomic E-state index is 10.7. The second-order valence-corrected chi connectivity index (χ2v) is 3.23. The van der Waals surface area contributed by atoms with Crippen LogP contribution in [0.1, 0.15) is 0 Å². The van der Waals surface area contributed by atoms with E-state index in [1.54, 1.807) is 0 Å². The summed E-state index contributed by atoms with van der Waals surface area (Å²) in [6.45, 7) is 0. The van der Waals surface area contributed by atoms with Crippen molar-refractivity contribution in [2.24, 2.45) is 0 Å². The minimum Gasteiger partial charge on any atom is -0.296 e. The summed E-state index contributed by atoms with van der Waals surface area (Å²) in [5.41, 5.74) is 0. The van der Waals surface area contributed by atoms with Crippen molar-refractivity contribution in [1.82, 2.24) is 0 Å². The fourth-order valence-electron chi connectivity index (χ4n) is 0.789. The molecule has 0 aromatic heterocycles. The third-order valence-electron chi connectivity index (χ3n) is 1.81. The van der Waals surface area contributed by atoms with Crippen molar-refractivity contribution in [3.8, 4) is 0 Å². The van der Waals surface area contributed by atoms with E-state index in [1.807, 2.05) is 0 Å². The largest absolute Gasteiger partial charge is 0.385 e. The summed E-state index contributed by atoms with van der Waals surface area (Å²) in [4.78, 5) is 49.8. The summed E-state index contributed by atoms with van der Waals surface area (Å²) in [6, 6.07) is 0. The summed E-state index contributed by atoms with van der Waals surface area (Å²) < 4.78 is 0. The zero-order valence-electron chi connectivity index (χ0n) is 11.1. The first kappa shape index (κ1) is 21.9. The minimum absolute atomic E-state index is 0.233. The van der Waals surface area contributed by atoms with Crippen LogP contribution in [0.15, 0.2) is 24.3 Å². The molecule has 0 unspecified atom stereocenters. The van der Waals surface area contributed by atoms with E-state index in [-0.39, 0.29) is 24.3 Å². The van der Waals surface area contributed by atoms with Crippen LogP contribution in [0.4, 0.5) is 0 Å². The molecule has 0 saturated carbocycles. The standard InChI is InChI=1S/C8H10O16/c9-5(17-11)1-3-7(19-13,20-14)23-24-8(21-15,22-16)4-2-6(10)18-12/h1-4,11-16H. The van der Waals surface area contributed by atoms with Gasteiger partial charge in [-0.25, -0.2) is 30.6 Å². The second-order valence-electron chi connectivity index (χ2n) is 3.23. The van der Waals surface area contributed by atoms with Gasteiger partial charge in [0.2, 0.25) is 0 Å². The van der Waals surface area contributed by atoms with Gasteiger partial charge in [-0.2, -0.15) is 39.8 Å². The van der Waals surface area contributed by atoms with Crippen molar-refractivity contribution in [2.45, 2.75) is 11.9 Å². The predicted molar refractivity (Wildman–Crippen MR) is 58.2 cm³/mol. The van der Waals surface area contributed by atoms with E-state index >= 15 is 0 Å². The van der Waals surface area contributed by atoms with Gasteiger partial charge >= 0.3 is 23.9 Å². The molecule has 0 bridgehead atoms. The van der Waals surface area contributed by atoms with E-state index in [0.717, 1.165) is 0 Å². The first-order valence-electron chi connectivity index (χ1n) is 5.12. The van der Waals surface area contributed by atoms with Crippen LogP contribution in [0.25, 0.3) is 0 Å². The molecule has 0 aliphatic carbocycles. The zero-order chi connectivity index (χ0) is 18.6. The number of hydrogen-bond acceptors (Lipinski definition) is 16. The van der Waals surface area contributed by atoms with Gasteiger partial charge < -0.3 is 0 Å². The molecule has 0 aliphatic rings. The number of carbonyl (C=O) groups is 2. The van der Waals surface area contributed by atoms with Crippen LogP contribution >= 0.6 is 0 Å². The Labute approximate surface area is 129 Å². The van der Waals surface area contributed by atoms with Gasteiger partial charge in [0, 0.05) is 24.3 Å². The first-order valence-corrected chi connectivity index (χ1v) is 5.12. The zero-order valence-corrected chi connectivity index (χ0v) is 11.1. The molecule has 0 atom stereocenters. The molecule has 0 saturated heterocycles. The van der Waals surface area contributed by atoms with E-state index in [4.69, 9.17) is 31.5 Å². The molecule has 6 N–H and O–H groups in total. The number of carbonyl (C=O) groups excluding carboxylic acids is 2. The highest BCUT2D eigenvalue weighted by atomic mass is 17.4. The van der Waals surface area contributed by atoms with Crippen LogP contribution in [-0.2, 0) is 48.7 Å². The van der Waals surface area contributed by atoms with Gasteiger partial charge in [0.15, 0.2) is 0 Å². The molecule has 0 aromatic carbocycles. The topological polar surface area (TPSA) is 229 Å². The average molecular weight is 362 g/mol. The van der Waals surface area contributed by atoms with Gasteiger partial charge in [-0.1, -0.05) is 0 Å². The molecule has 0 radical (unpaired) electrons. The molecule has 0 amide bonds. The van der Waals surface area contributed by atoms with Gasteiger partial charge in [0.1, 0.15) is 0 Å². The molecule has 138 valence electrons. The van der Waals surface area contributed by atoms with Crippen LogP contribution in [0.5, 0.6) is 0 Å². The highest BCUT2D eigenvalue weighted by molar-refractivity contribution is 5.81. The van der Waals surface area contributed by atoms with E-state index in [9.17, 15) is 9.59 Å². The minimum atomic E-state index is -3.18. The van der Waals surface area contributed by atoms with Crippen molar-refractivity contribution < 1.29 is 80.2 Å². The first-order chi connectivity index (χ1) is 11.4.